The van der Waals surface area contributed by atoms with Crippen molar-refractivity contribution in [2.45, 2.75) is 81.4 Å². The molecule has 0 bridgehead atoms. The van der Waals surface area contributed by atoms with Gasteiger partial charge in [-0.15, -0.1) is 0 Å². The lowest BCUT2D eigenvalue weighted by Gasteiger charge is -2.51. The summed E-state index contributed by atoms with van der Waals surface area (Å²) in [6.45, 7) is 11.3. The van der Waals surface area contributed by atoms with Crippen molar-refractivity contribution in [1.29, 1.82) is 0 Å². The molecule has 0 atom stereocenters. The third kappa shape index (κ3) is 5.60. The van der Waals surface area contributed by atoms with Crippen LogP contribution in [0.15, 0.2) is 0 Å². The zero-order chi connectivity index (χ0) is 16.6. The van der Waals surface area contributed by atoms with Crippen LogP contribution in [0.3, 0.4) is 0 Å². The van der Waals surface area contributed by atoms with Crippen molar-refractivity contribution < 1.29 is 4.48 Å². The van der Waals surface area contributed by atoms with Crippen LogP contribution < -0.4 is 0 Å². The summed E-state index contributed by atoms with van der Waals surface area (Å²) in [6, 6.07) is 0. The first-order valence-electron chi connectivity index (χ1n) is 8.36. The van der Waals surface area contributed by atoms with Crippen molar-refractivity contribution in [2.24, 2.45) is 0 Å². The Morgan fingerprint density at radius 1 is 0.667 bits per heavy atom. The molecule has 0 radical (unpaired) electrons. The van der Waals surface area contributed by atoms with E-state index in [-0.39, 0.29) is 0 Å². The molecule has 0 spiro atoms. The van der Waals surface area contributed by atoms with Crippen LogP contribution in [-0.4, -0.2) is 32.9 Å². The maximum atomic E-state index is 6.83. The fourth-order valence-corrected chi connectivity index (χ4v) is 3.83. The molecule has 0 saturated carbocycles. The van der Waals surface area contributed by atoms with E-state index in [1.807, 2.05) is 6.92 Å². The number of quaternary nitrogens is 1. The Kier molecular flexibility index (Phi) is 10.6. The van der Waals surface area contributed by atoms with Gasteiger partial charge in [0.15, 0.2) is 0 Å². The highest BCUT2D eigenvalue weighted by atomic mass is 35.5. The summed E-state index contributed by atoms with van der Waals surface area (Å²) in [6.07, 6.45) is 7.14. The molecular formula is C16H32Cl4N+. The van der Waals surface area contributed by atoms with Crippen LogP contribution >= 0.6 is 46.4 Å². The molecule has 1 nitrogen and oxygen atoms in total. The highest BCUT2D eigenvalue weighted by Crippen LogP contribution is 2.51. The van der Waals surface area contributed by atoms with Gasteiger partial charge in [-0.1, -0.05) is 70.2 Å². The second kappa shape index (κ2) is 10.1. The lowest BCUT2D eigenvalue weighted by atomic mass is 10.1. The van der Waals surface area contributed by atoms with E-state index >= 15 is 0 Å². The molecule has 0 aliphatic carbocycles. The quantitative estimate of drug-likeness (QED) is 0.196. The molecule has 0 unspecified atom stereocenters. The molecule has 0 heterocycles. The van der Waals surface area contributed by atoms with Crippen molar-refractivity contribution in [2.75, 3.05) is 19.6 Å². The molecule has 0 saturated heterocycles. The first-order valence-corrected chi connectivity index (χ1v) is 9.87. The summed E-state index contributed by atoms with van der Waals surface area (Å²) in [5, 5.41) is 0. The van der Waals surface area contributed by atoms with E-state index in [1.54, 1.807) is 0 Å². The Labute approximate surface area is 151 Å². The molecule has 5 heteroatoms. The number of nitrogens with zero attached hydrogens (tertiary/aromatic N) is 1. The Morgan fingerprint density at radius 3 is 1.24 bits per heavy atom. The van der Waals surface area contributed by atoms with Gasteiger partial charge in [-0.2, -0.15) is 0 Å². The van der Waals surface area contributed by atoms with Crippen LogP contribution in [0, 0.1) is 0 Å². The second-order valence-electron chi connectivity index (χ2n) is 5.98. The lowest BCUT2D eigenvalue weighted by Crippen LogP contribution is -2.66. The van der Waals surface area contributed by atoms with Crippen LogP contribution in [-0.2, 0) is 0 Å². The SMILES string of the molecule is CCCC[N+](CCCC)(CCCC)C(Cl)(Cl)C(Cl)(Cl)CC. The van der Waals surface area contributed by atoms with Gasteiger partial charge < -0.3 is 0 Å². The predicted octanol–water partition coefficient (Wildman–Crippen LogP) is 6.92. The van der Waals surface area contributed by atoms with E-state index < -0.39 is 8.79 Å². The third-order valence-corrected chi connectivity index (χ3v) is 7.13. The number of hydrogen-bond donors (Lipinski definition) is 0. The Morgan fingerprint density at radius 2 is 1.00 bits per heavy atom. The molecule has 21 heavy (non-hydrogen) atoms. The predicted molar refractivity (Wildman–Crippen MR) is 98.8 cm³/mol. The number of hydrogen-bond acceptors (Lipinski definition) is 0. The van der Waals surface area contributed by atoms with E-state index in [0.717, 1.165) is 58.2 Å². The van der Waals surface area contributed by atoms with Crippen molar-refractivity contribution in [1.82, 2.24) is 0 Å². The third-order valence-electron chi connectivity index (χ3n) is 4.30. The summed E-state index contributed by atoms with van der Waals surface area (Å²) in [4.78, 5) is 0. The van der Waals surface area contributed by atoms with Gasteiger partial charge in [0.1, 0.15) is 0 Å². The molecule has 0 fully saturated rings. The average Bonchev–Trinajstić information content (AvgIpc) is 2.46. The van der Waals surface area contributed by atoms with Gasteiger partial charge in [0.05, 0.1) is 19.6 Å². The zero-order valence-electron chi connectivity index (χ0n) is 14.0. The summed E-state index contributed by atoms with van der Waals surface area (Å²) in [5.74, 6) is 0. The van der Waals surface area contributed by atoms with E-state index in [9.17, 15) is 0 Å². The molecule has 0 amide bonds. The Hall–Kier alpha value is 1.12. The lowest BCUT2D eigenvalue weighted by molar-refractivity contribution is -0.951. The van der Waals surface area contributed by atoms with Gasteiger partial charge in [-0.3, -0.25) is 4.48 Å². The molecule has 0 aromatic heterocycles. The van der Waals surface area contributed by atoms with E-state index in [0.29, 0.717) is 10.9 Å². The van der Waals surface area contributed by atoms with Gasteiger partial charge >= 0.3 is 0 Å². The fraction of sp³-hybridized carbons (Fsp3) is 1.00. The number of alkyl halides is 4. The standard InChI is InChI=1S/C16H32Cl4N/c1-5-9-12-21(13-10-6-2,14-11-7-3)16(19,20)15(17,18)8-4/h5-14H2,1-4H3/q+1. The van der Waals surface area contributed by atoms with E-state index in [4.69, 9.17) is 46.4 Å². The topological polar surface area (TPSA) is 0 Å². The highest BCUT2D eigenvalue weighted by molar-refractivity contribution is 6.61. The minimum absolute atomic E-state index is 0.535. The maximum absolute atomic E-state index is 6.83. The second-order valence-corrected chi connectivity index (χ2v) is 8.75. The van der Waals surface area contributed by atoms with Crippen molar-refractivity contribution in [3.63, 3.8) is 0 Å². The monoisotopic (exact) mass is 378 g/mol. The van der Waals surface area contributed by atoms with Crippen molar-refractivity contribution >= 4 is 46.4 Å². The van der Waals surface area contributed by atoms with Gasteiger partial charge in [-0.25, -0.2) is 0 Å². The number of halogens is 4. The molecule has 0 aliphatic rings. The molecule has 0 aromatic rings. The highest BCUT2D eigenvalue weighted by Gasteiger charge is 2.60. The fourth-order valence-electron chi connectivity index (χ4n) is 2.70. The van der Waals surface area contributed by atoms with Gasteiger partial charge in [0, 0.05) is 0 Å². The molecule has 0 rings (SSSR count). The van der Waals surface area contributed by atoms with Crippen LogP contribution in [0.4, 0.5) is 0 Å². The van der Waals surface area contributed by atoms with Crippen molar-refractivity contribution in [3.8, 4) is 0 Å². The van der Waals surface area contributed by atoms with E-state index in [2.05, 4.69) is 20.8 Å². The molecule has 0 aromatic carbocycles. The van der Waals surface area contributed by atoms with Crippen molar-refractivity contribution in [3.05, 3.63) is 0 Å². The Bertz CT molecular complexity index is 258. The first kappa shape index (κ1) is 22.1. The van der Waals surface area contributed by atoms with Gasteiger partial charge in [-0.05, 0) is 48.9 Å². The minimum Gasteiger partial charge on any atom is -0.290 e. The van der Waals surface area contributed by atoms with Crippen LogP contribution in [0.25, 0.3) is 0 Å². The summed E-state index contributed by atoms with van der Waals surface area (Å²) >= 11 is 26.7. The molecular weight excluding hydrogens is 348 g/mol. The average molecular weight is 380 g/mol. The minimum atomic E-state index is -1.18. The molecule has 0 aliphatic heterocycles. The van der Waals surface area contributed by atoms with Crippen LogP contribution in [0.1, 0.15) is 72.6 Å². The smallest absolute Gasteiger partial charge is 0.284 e. The number of unbranched alkanes of at least 4 members (excludes halogenated alkanes) is 3. The van der Waals surface area contributed by atoms with Crippen LogP contribution in [0.5, 0.6) is 0 Å². The van der Waals surface area contributed by atoms with Crippen LogP contribution in [0.2, 0.25) is 0 Å². The van der Waals surface area contributed by atoms with E-state index in [1.165, 1.54) is 0 Å². The first-order chi connectivity index (χ1) is 9.74. The zero-order valence-corrected chi connectivity index (χ0v) is 17.1. The largest absolute Gasteiger partial charge is 0.290 e. The summed E-state index contributed by atoms with van der Waals surface area (Å²) in [7, 11) is 0. The molecule has 128 valence electrons. The maximum Gasteiger partial charge on any atom is 0.284 e. The Balaban J connectivity index is 5.56. The summed E-state index contributed by atoms with van der Waals surface area (Å²) in [5.41, 5.74) is 0. The molecule has 0 N–H and O–H groups in total. The van der Waals surface area contributed by atoms with Gasteiger partial charge in [0.25, 0.3) is 4.46 Å². The number of rotatable bonds is 12. The van der Waals surface area contributed by atoms with Gasteiger partial charge in [0.2, 0.25) is 4.33 Å². The normalized spacial score (nSPS) is 13.7. The summed E-state index contributed by atoms with van der Waals surface area (Å²) < 4.78 is -1.71.